The van der Waals surface area contributed by atoms with Gasteiger partial charge in [-0.1, -0.05) is 74.6 Å². The van der Waals surface area contributed by atoms with E-state index in [2.05, 4.69) is 24.3 Å². The van der Waals surface area contributed by atoms with E-state index in [0.29, 0.717) is 6.42 Å². The van der Waals surface area contributed by atoms with Crippen molar-refractivity contribution < 1.29 is 33.1 Å². The Morgan fingerprint density at radius 1 is 0.537 bits per heavy atom. The molecule has 0 unspecified atom stereocenters. The number of ether oxygens (including phenoxy) is 4. The molecule has 220 valence electrons. The van der Waals surface area contributed by atoms with Gasteiger partial charge in [0.05, 0.1) is 28.4 Å². The first kappa shape index (κ1) is 32.0. The SMILES string of the molecule is COc1cccc(OC)c1C(=O)P(=O)(CCCCCCCCCc1ccccc1)C(=O)c1c(OC)cccc1OC. The van der Waals surface area contributed by atoms with Gasteiger partial charge < -0.3 is 23.5 Å². The molecular weight excluding hydrogens is 539 g/mol. The molecule has 0 fully saturated rings. The van der Waals surface area contributed by atoms with Crippen LogP contribution in [0.25, 0.3) is 0 Å². The molecule has 3 aromatic carbocycles. The highest BCUT2D eigenvalue weighted by atomic mass is 31.2. The molecule has 0 amide bonds. The first-order valence-corrected chi connectivity index (χ1v) is 15.9. The summed E-state index contributed by atoms with van der Waals surface area (Å²) in [5.74, 6) is 0.796. The molecular formula is C33H41O7P. The van der Waals surface area contributed by atoms with E-state index in [-0.39, 0.29) is 40.3 Å². The molecule has 0 aromatic heterocycles. The average Bonchev–Trinajstić information content (AvgIpc) is 3.02. The molecule has 0 aliphatic heterocycles. The zero-order valence-electron chi connectivity index (χ0n) is 24.5. The first-order valence-electron chi connectivity index (χ1n) is 14.1. The van der Waals surface area contributed by atoms with Crippen molar-refractivity contribution in [3.05, 3.63) is 83.4 Å². The molecule has 7 nitrogen and oxygen atoms in total. The molecule has 0 aliphatic carbocycles. The van der Waals surface area contributed by atoms with Crippen LogP contribution in [0.15, 0.2) is 66.7 Å². The van der Waals surface area contributed by atoms with Gasteiger partial charge in [-0.2, -0.15) is 0 Å². The van der Waals surface area contributed by atoms with E-state index in [1.807, 2.05) is 6.07 Å². The standard InChI is InChI=1S/C33H41O7P/c1-37-26-20-15-21-27(38-2)30(26)32(34)41(36,33(35)31-28(39-3)22-16-23-29(31)40-4)24-14-9-7-5-6-8-11-17-25-18-12-10-13-19-25/h10,12-13,15-16,18-23H,5-9,11,14,17,24H2,1-4H3. The molecule has 8 heteroatoms. The van der Waals surface area contributed by atoms with Crippen LogP contribution >= 0.6 is 7.14 Å². The van der Waals surface area contributed by atoms with Crippen LogP contribution in [0.3, 0.4) is 0 Å². The first-order chi connectivity index (χ1) is 19.9. The second-order valence-electron chi connectivity index (χ2n) is 9.86. The van der Waals surface area contributed by atoms with E-state index in [9.17, 15) is 14.2 Å². The van der Waals surface area contributed by atoms with Gasteiger partial charge in [0.25, 0.3) is 0 Å². The monoisotopic (exact) mass is 580 g/mol. The van der Waals surface area contributed by atoms with Gasteiger partial charge in [0.1, 0.15) is 34.1 Å². The van der Waals surface area contributed by atoms with Crippen molar-refractivity contribution in [2.24, 2.45) is 0 Å². The maximum absolute atomic E-state index is 14.7. The van der Waals surface area contributed by atoms with Crippen LogP contribution in [0.4, 0.5) is 0 Å². The van der Waals surface area contributed by atoms with E-state index in [1.54, 1.807) is 36.4 Å². The summed E-state index contributed by atoms with van der Waals surface area (Å²) in [5.41, 5.74) is -0.213. The summed E-state index contributed by atoms with van der Waals surface area (Å²) in [6.07, 6.45) is 7.61. The summed E-state index contributed by atoms with van der Waals surface area (Å²) in [6.45, 7) is 0. The Balaban J connectivity index is 1.75. The molecule has 0 saturated heterocycles. The van der Waals surface area contributed by atoms with Crippen LogP contribution in [-0.2, 0) is 11.0 Å². The number of unbranched alkanes of at least 4 members (excludes halogenated alkanes) is 6. The van der Waals surface area contributed by atoms with Crippen LogP contribution in [0.5, 0.6) is 23.0 Å². The van der Waals surface area contributed by atoms with Crippen LogP contribution in [0.2, 0.25) is 0 Å². The summed E-state index contributed by atoms with van der Waals surface area (Å²) in [7, 11) is 1.47. The van der Waals surface area contributed by atoms with Crippen molar-refractivity contribution in [3.8, 4) is 23.0 Å². The molecule has 0 heterocycles. The topological polar surface area (TPSA) is 88.1 Å². The van der Waals surface area contributed by atoms with Gasteiger partial charge >= 0.3 is 0 Å². The molecule has 0 bridgehead atoms. The Hall–Kier alpha value is -3.57. The smallest absolute Gasteiger partial charge is 0.236 e. The number of methoxy groups -OCH3 is 4. The minimum atomic E-state index is -4.20. The zero-order chi connectivity index (χ0) is 29.7. The lowest BCUT2D eigenvalue weighted by atomic mass is 10.0. The van der Waals surface area contributed by atoms with Gasteiger partial charge in [-0.15, -0.1) is 0 Å². The fourth-order valence-corrected chi connectivity index (χ4v) is 7.40. The number of hydrogen-bond acceptors (Lipinski definition) is 7. The quantitative estimate of drug-likeness (QED) is 0.111. The number of aryl methyl sites for hydroxylation is 1. The molecule has 0 atom stereocenters. The van der Waals surface area contributed by atoms with Crippen molar-refractivity contribution in [1.29, 1.82) is 0 Å². The van der Waals surface area contributed by atoms with Crippen LogP contribution in [-0.4, -0.2) is 45.6 Å². The third-order valence-corrected chi connectivity index (χ3v) is 9.93. The van der Waals surface area contributed by atoms with Gasteiger partial charge in [-0.3, -0.25) is 9.59 Å². The number of rotatable bonds is 18. The number of carbonyl (C=O) groups excluding carboxylic acids is 2. The lowest BCUT2D eigenvalue weighted by Crippen LogP contribution is -2.17. The summed E-state index contributed by atoms with van der Waals surface area (Å²) < 4.78 is 36.3. The minimum absolute atomic E-state index is 0.00136. The predicted octanol–water partition coefficient (Wildman–Crippen LogP) is 8.04. The normalized spacial score (nSPS) is 11.1. The second kappa shape index (κ2) is 16.0. The highest BCUT2D eigenvalue weighted by Crippen LogP contribution is 2.57. The Kier molecular flexibility index (Phi) is 12.5. The number of carbonyl (C=O) groups is 2. The van der Waals surface area contributed by atoms with Gasteiger partial charge in [0.2, 0.25) is 18.2 Å². The summed E-state index contributed by atoms with van der Waals surface area (Å²) in [6, 6.07) is 20.2. The maximum Gasteiger partial charge on any atom is 0.236 e. The van der Waals surface area contributed by atoms with E-state index < -0.39 is 18.2 Å². The van der Waals surface area contributed by atoms with Crippen molar-refractivity contribution in [3.63, 3.8) is 0 Å². The molecule has 0 aliphatic rings. The van der Waals surface area contributed by atoms with Crippen molar-refractivity contribution in [2.45, 2.75) is 51.4 Å². The Morgan fingerprint density at radius 2 is 0.927 bits per heavy atom. The van der Waals surface area contributed by atoms with Gasteiger partial charge in [0.15, 0.2) is 0 Å². The second-order valence-corrected chi connectivity index (χ2v) is 12.6. The predicted molar refractivity (Wildman–Crippen MR) is 163 cm³/mol. The highest BCUT2D eigenvalue weighted by molar-refractivity contribution is 7.95. The van der Waals surface area contributed by atoms with E-state index >= 15 is 0 Å². The lowest BCUT2D eigenvalue weighted by molar-refractivity contribution is 0.103. The Morgan fingerprint density at radius 3 is 1.34 bits per heavy atom. The molecule has 3 rings (SSSR count). The van der Waals surface area contributed by atoms with E-state index in [4.69, 9.17) is 18.9 Å². The van der Waals surface area contributed by atoms with E-state index in [0.717, 1.165) is 44.9 Å². The van der Waals surface area contributed by atoms with Crippen molar-refractivity contribution >= 4 is 18.2 Å². The average molecular weight is 581 g/mol. The Bertz CT molecular complexity index is 1220. The molecule has 41 heavy (non-hydrogen) atoms. The fourth-order valence-electron chi connectivity index (χ4n) is 4.97. The zero-order valence-corrected chi connectivity index (χ0v) is 25.4. The van der Waals surface area contributed by atoms with Crippen molar-refractivity contribution in [1.82, 2.24) is 0 Å². The molecule has 0 spiro atoms. The third-order valence-electron chi connectivity index (χ3n) is 7.22. The number of hydrogen-bond donors (Lipinski definition) is 0. The molecule has 3 aromatic rings. The summed E-state index contributed by atoms with van der Waals surface area (Å²) >= 11 is 0. The molecule has 0 N–H and O–H groups in total. The van der Waals surface area contributed by atoms with E-state index in [1.165, 1.54) is 34.0 Å². The fraction of sp³-hybridized carbons (Fsp3) is 0.394. The maximum atomic E-state index is 14.7. The minimum Gasteiger partial charge on any atom is -0.496 e. The summed E-state index contributed by atoms with van der Waals surface area (Å²) in [4.78, 5) is 28.1. The molecule has 0 radical (unpaired) electrons. The number of benzene rings is 3. The Labute approximate surface area is 243 Å². The summed E-state index contributed by atoms with van der Waals surface area (Å²) in [5, 5.41) is 0. The van der Waals surface area contributed by atoms with Crippen LogP contribution in [0.1, 0.15) is 71.2 Å². The van der Waals surface area contributed by atoms with Crippen molar-refractivity contribution in [2.75, 3.05) is 34.6 Å². The van der Waals surface area contributed by atoms with Crippen LogP contribution in [0, 0.1) is 0 Å². The lowest BCUT2D eigenvalue weighted by Gasteiger charge is -2.21. The van der Waals surface area contributed by atoms with Crippen LogP contribution < -0.4 is 18.9 Å². The van der Waals surface area contributed by atoms with Gasteiger partial charge in [0, 0.05) is 6.16 Å². The third kappa shape index (κ3) is 8.01. The largest absolute Gasteiger partial charge is 0.496 e. The van der Waals surface area contributed by atoms with Gasteiger partial charge in [-0.05, 0) is 49.1 Å². The molecule has 0 saturated carbocycles. The highest BCUT2D eigenvalue weighted by Gasteiger charge is 2.45. The van der Waals surface area contributed by atoms with Gasteiger partial charge in [-0.25, -0.2) is 0 Å².